The first-order valence-electron chi connectivity index (χ1n) is 9.13. The van der Waals surface area contributed by atoms with Crippen LogP contribution in [0, 0.1) is 5.92 Å². The Labute approximate surface area is 166 Å². The molecule has 1 aliphatic rings. The second kappa shape index (κ2) is 9.40. The quantitative estimate of drug-likeness (QED) is 0.551. The number of benzene rings is 2. The van der Waals surface area contributed by atoms with Crippen LogP contribution in [0.3, 0.4) is 0 Å². The molecule has 0 amide bonds. The minimum atomic E-state index is 0.473. The van der Waals surface area contributed by atoms with Crippen LogP contribution in [0.25, 0.3) is 0 Å². The van der Waals surface area contributed by atoms with Crippen LogP contribution in [0.1, 0.15) is 24.9 Å². The molecule has 26 heavy (non-hydrogen) atoms. The van der Waals surface area contributed by atoms with Gasteiger partial charge >= 0.3 is 0 Å². The number of rotatable bonds is 6. The topological polar surface area (TPSA) is 27.3 Å². The first-order chi connectivity index (χ1) is 12.7. The molecule has 1 heterocycles. The normalized spacial score (nSPS) is 18.5. The van der Waals surface area contributed by atoms with Crippen molar-refractivity contribution in [2.75, 3.05) is 31.2 Å². The second-order valence-electron chi connectivity index (χ2n) is 6.80. The van der Waals surface area contributed by atoms with Gasteiger partial charge in [-0.2, -0.15) is 0 Å². The molecule has 1 fully saturated rings. The molecular formula is C21H27N3S2. The van der Waals surface area contributed by atoms with Crippen molar-refractivity contribution in [3.05, 3.63) is 60.2 Å². The van der Waals surface area contributed by atoms with Crippen molar-refractivity contribution >= 4 is 34.8 Å². The minimum absolute atomic E-state index is 0.473. The van der Waals surface area contributed by atoms with Gasteiger partial charge in [0.2, 0.25) is 0 Å². The first-order valence-corrected chi connectivity index (χ1v) is 10.8. The van der Waals surface area contributed by atoms with Crippen LogP contribution in [-0.2, 0) is 0 Å². The predicted octanol–water partition coefficient (Wildman–Crippen LogP) is 4.78. The molecule has 5 heteroatoms. The van der Waals surface area contributed by atoms with Crippen molar-refractivity contribution in [1.29, 1.82) is 0 Å². The summed E-state index contributed by atoms with van der Waals surface area (Å²) >= 11 is 7.20. The zero-order valence-electron chi connectivity index (χ0n) is 15.4. The molecule has 0 aliphatic carbocycles. The van der Waals surface area contributed by atoms with Crippen LogP contribution < -0.4 is 10.6 Å². The van der Waals surface area contributed by atoms with Crippen molar-refractivity contribution in [2.24, 2.45) is 5.92 Å². The van der Waals surface area contributed by atoms with Gasteiger partial charge in [0.1, 0.15) is 0 Å². The number of thiocarbonyl (C=S) groups is 1. The number of nitrogens with one attached hydrogen (secondary N) is 2. The molecule has 0 radical (unpaired) electrons. The average Bonchev–Trinajstić information content (AvgIpc) is 3.15. The van der Waals surface area contributed by atoms with Gasteiger partial charge in [-0.25, -0.2) is 0 Å². The molecule has 2 atom stereocenters. The Morgan fingerprint density at radius 2 is 2.04 bits per heavy atom. The molecule has 1 aliphatic heterocycles. The van der Waals surface area contributed by atoms with Gasteiger partial charge in [0.05, 0.1) is 0 Å². The summed E-state index contributed by atoms with van der Waals surface area (Å²) < 4.78 is 0. The molecule has 138 valence electrons. The Kier molecular flexibility index (Phi) is 6.94. The molecule has 0 bridgehead atoms. The van der Waals surface area contributed by atoms with Crippen LogP contribution in [0.4, 0.5) is 5.69 Å². The van der Waals surface area contributed by atoms with E-state index in [1.165, 1.54) is 16.9 Å². The van der Waals surface area contributed by atoms with E-state index >= 15 is 0 Å². The first kappa shape index (κ1) is 19.2. The van der Waals surface area contributed by atoms with Crippen molar-refractivity contribution < 1.29 is 0 Å². The van der Waals surface area contributed by atoms with Crippen molar-refractivity contribution in [3.63, 3.8) is 0 Å². The van der Waals surface area contributed by atoms with Crippen LogP contribution in [0.15, 0.2) is 59.5 Å². The highest BCUT2D eigenvalue weighted by Crippen LogP contribution is 2.27. The lowest BCUT2D eigenvalue weighted by Gasteiger charge is -2.25. The number of likely N-dealkylation sites (tertiary alicyclic amines) is 1. The SMILES string of the molecule is CSc1cccc(NC(=S)NCC2CCN(C(C)c3ccccc3)C2)c1. The molecule has 3 nitrogen and oxygen atoms in total. The lowest BCUT2D eigenvalue weighted by Crippen LogP contribution is -2.34. The van der Waals surface area contributed by atoms with Gasteiger partial charge in [-0.3, -0.25) is 4.90 Å². The molecule has 2 N–H and O–H groups in total. The average molecular weight is 386 g/mol. The van der Waals surface area contributed by atoms with Gasteiger partial charge in [-0.05, 0) is 68.0 Å². The zero-order valence-corrected chi connectivity index (χ0v) is 17.1. The number of nitrogens with zero attached hydrogens (tertiary/aromatic N) is 1. The summed E-state index contributed by atoms with van der Waals surface area (Å²) in [6.45, 7) is 5.49. The number of anilines is 1. The largest absolute Gasteiger partial charge is 0.362 e. The Balaban J connectivity index is 1.44. The lowest BCUT2D eigenvalue weighted by atomic mass is 10.1. The highest BCUT2D eigenvalue weighted by Gasteiger charge is 2.26. The summed E-state index contributed by atoms with van der Waals surface area (Å²) in [5.41, 5.74) is 2.44. The zero-order chi connectivity index (χ0) is 18.4. The number of hydrogen-bond acceptors (Lipinski definition) is 3. The minimum Gasteiger partial charge on any atom is -0.362 e. The molecule has 0 spiro atoms. The third-order valence-electron chi connectivity index (χ3n) is 5.03. The lowest BCUT2D eigenvalue weighted by molar-refractivity contribution is 0.253. The Morgan fingerprint density at radius 3 is 2.81 bits per heavy atom. The third-order valence-corrected chi connectivity index (χ3v) is 6.00. The standard InChI is InChI=1S/C21H27N3S2/c1-16(18-7-4-3-5-8-18)24-12-11-17(15-24)14-22-21(25)23-19-9-6-10-20(13-19)26-2/h3-10,13,16-17H,11-12,14-15H2,1-2H3,(H2,22,23,25). The summed E-state index contributed by atoms with van der Waals surface area (Å²) in [5.74, 6) is 0.637. The molecule has 2 aromatic rings. The van der Waals surface area contributed by atoms with Crippen LogP contribution in [0.5, 0.6) is 0 Å². The van der Waals surface area contributed by atoms with E-state index in [0.29, 0.717) is 17.1 Å². The van der Waals surface area contributed by atoms with Crippen molar-refractivity contribution in [3.8, 4) is 0 Å². The van der Waals surface area contributed by atoms with E-state index in [-0.39, 0.29) is 0 Å². The number of thioether (sulfide) groups is 1. The fraction of sp³-hybridized carbons (Fsp3) is 0.381. The Bertz CT molecular complexity index is 720. The maximum absolute atomic E-state index is 5.47. The van der Waals surface area contributed by atoms with Crippen LogP contribution >= 0.6 is 24.0 Å². The van der Waals surface area contributed by atoms with Gasteiger partial charge in [-0.15, -0.1) is 11.8 Å². The van der Waals surface area contributed by atoms with E-state index in [1.807, 2.05) is 6.07 Å². The molecule has 2 aromatic carbocycles. The maximum atomic E-state index is 5.47. The molecule has 3 rings (SSSR count). The van der Waals surface area contributed by atoms with Crippen molar-refractivity contribution in [2.45, 2.75) is 24.3 Å². The highest BCUT2D eigenvalue weighted by molar-refractivity contribution is 7.98. The van der Waals surface area contributed by atoms with Gasteiger partial charge in [-0.1, -0.05) is 36.4 Å². The third kappa shape index (κ3) is 5.22. The van der Waals surface area contributed by atoms with E-state index in [2.05, 4.69) is 77.2 Å². The van der Waals surface area contributed by atoms with E-state index in [4.69, 9.17) is 12.2 Å². The predicted molar refractivity (Wildman–Crippen MR) is 117 cm³/mol. The summed E-state index contributed by atoms with van der Waals surface area (Å²) in [4.78, 5) is 3.80. The summed E-state index contributed by atoms with van der Waals surface area (Å²) in [6, 6.07) is 19.6. The fourth-order valence-corrected chi connectivity index (χ4v) is 4.10. The van der Waals surface area contributed by atoms with E-state index in [9.17, 15) is 0 Å². The molecular weight excluding hydrogens is 358 g/mol. The van der Waals surface area contributed by atoms with Gasteiger partial charge < -0.3 is 10.6 Å². The van der Waals surface area contributed by atoms with E-state index in [0.717, 1.165) is 25.3 Å². The summed E-state index contributed by atoms with van der Waals surface area (Å²) in [5, 5.41) is 7.40. The maximum Gasteiger partial charge on any atom is 0.170 e. The van der Waals surface area contributed by atoms with Gasteiger partial charge in [0.25, 0.3) is 0 Å². The highest BCUT2D eigenvalue weighted by atomic mass is 32.2. The second-order valence-corrected chi connectivity index (χ2v) is 8.09. The molecule has 1 saturated heterocycles. The molecule has 0 saturated carbocycles. The fourth-order valence-electron chi connectivity index (χ4n) is 3.44. The Morgan fingerprint density at radius 1 is 1.23 bits per heavy atom. The molecule has 2 unspecified atom stereocenters. The smallest absolute Gasteiger partial charge is 0.170 e. The molecule has 0 aromatic heterocycles. The van der Waals surface area contributed by atoms with Crippen LogP contribution in [0.2, 0.25) is 0 Å². The number of hydrogen-bond donors (Lipinski definition) is 2. The monoisotopic (exact) mass is 385 g/mol. The van der Waals surface area contributed by atoms with E-state index < -0.39 is 0 Å². The summed E-state index contributed by atoms with van der Waals surface area (Å²) in [7, 11) is 0. The van der Waals surface area contributed by atoms with Gasteiger partial charge in [0, 0.05) is 29.7 Å². The van der Waals surface area contributed by atoms with E-state index in [1.54, 1.807) is 11.8 Å². The van der Waals surface area contributed by atoms with Crippen LogP contribution in [-0.4, -0.2) is 35.9 Å². The Hall–Kier alpha value is -1.56. The van der Waals surface area contributed by atoms with Crippen molar-refractivity contribution in [1.82, 2.24) is 10.2 Å². The summed E-state index contributed by atoms with van der Waals surface area (Å²) in [6.07, 6.45) is 3.30. The van der Waals surface area contributed by atoms with Gasteiger partial charge in [0.15, 0.2) is 5.11 Å².